The second-order valence-corrected chi connectivity index (χ2v) is 8.05. The van der Waals surface area contributed by atoms with E-state index in [4.69, 9.17) is 0 Å². The molecule has 19 heavy (non-hydrogen) atoms. The van der Waals surface area contributed by atoms with E-state index in [-0.39, 0.29) is 9.77 Å². The van der Waals surface area contributed by atoms with E-state index in [1.807, 2.05) is 0 Å². The number of methoxy groups -OCH3 is 1. The van der Waals surface area contributed by atoms with Gasteiger partial charge in [-0.3, -0.25) is 0 Å². The molecule has 108 valence electrons. The molecule has 1 aromatic heterocycles. The highest BCUT2D eigenvalue weighted by Gasteiger charge is 2.27. The zero-order valence-electron chi connectivity index (χ0n) is 10.8. The predicted molar refractivity (Wildman–Crippen MR) is 77.1 cm³/mol. The van der Waals surface area contributed by atoms with Gasteiger partial charge in [-0.15, -0.1) is 11.3 Å². The van der Waals surface area contributed by atoms with Crippen LogP contribution in [0.5, 0.6) is 0 Å². The van der Waals surface area contributed by atoms with Crippen molar-refractivity contribution >= 4 is 43.3 Å². The van der Waals surface area contributed by atoms with Gasteiger partial charge >= 0.3 is 5.97 Å². The third-order valence-corrected chi connectivity index (χ3v) is 6.50. The number of halogens is 1. The molecule has 0 aliphatic carbocycles. The van der Waals surface area contributed by atoms with Gasteiger partial charge in [-0.25, -0.2) is 13.2 Å². The minimum atomic E-state index is -3.61. The molecule has 9 heteroatoms. The molecule has 0 aliphatic rings. The van der Waals surface area contributed by atoms with Gasteiger partial charge in [-0.05, 0) is 29.0 Å². The molecule has 0 radical (unpaired) electrons. The summed E-state index contributed by atoms with van der Waals surface area (Å²) in [7, 11) is 0.880. The van der Waals surface area contributed by atoms with Gasteiger partial charge in [-0.1, -0.05) is 0 Å². The average molecular weight is 371 g/mol. The number of carbonyl (C=O) groups excluding carboxylic acids is 1. The number of hydrogen-bond acceptors (Lipinski definition) is 6. The summed E-state index contributed by atoms with van der Waals surface area (Å²) in [5, 5.41) is 2.88. The first-order valence-corrected chi connectivity index (χ1v) is 8.38. The lowest BCUT2D eigenvalue weighted by atomic mass is 10.5. The molecule has 1 N–H and O–H groups in total. The topological polar surface area (TPSA) is 75.7 Å². The molecule has 1 rings (SSSR count). The summed E-state index contributed by atoms with van der Waals surface area (Å²) in [6.07, 6.45) is 0. The Morgan fingerprint density at radius 1 is 1.58 bits per heavy atom. The van der Waals surface area contributed by atoms with Crippen molar-refractivity contribution in [2.24, 2.45) is 0 Å². The molecule has 0 atom stereocenters. The molecule has 0 fully saturated rings. The van der Waals surface area contributed by atoms with Crippen molar-refractivity contribution in [3.63, 3.8) is 0 Å². The first kappa shape index (κ1) is 16.6. The number of thiophene rings is 1. The van der Waals surface area contributed by atoms with Crippen molar-refractivity contribution in [3.05, 3.63) is 14.7 Å². The summed E-state index contributed by atoms with van der Waals surface area (Å²) < 4.78 is 30.8. The number of nitrogens with zero attached hydrogens (tertiary/aromatic N) is 1. The lowest BCUT2D eigenvalue weighted by Gasteiger charge is -2.16. The molecule has 0 bridgehead atoms. The Morgan fingerprint density at radius 3 is 2.74 bits per heavy atom. The fourth-order valence-electron chi connectivity index (χ4n) is 1.29. The molecular weight excluding hydrogens is 356 g/mol. The Bertz CT molecular complexity index is 556. The van der Waals surface area contributed by atoms with Gasteiger partial charge in [0, 0.05) is 20.1 Å². The maximum absolute atomic E-state index is 12.3. The van der Waals surface area contributed by atoms with Crippen LogP contribution in [0.1, 0.15) is 9.67 Å². The maximum atomic E-state index is 12.3. The van der Waals surface area contributed by atoms with Gasteiger partial charge in [0.1, 0.15) is 9.77 Å². The van der Waals surface area contributed by atoms with Crippen LogP contribution in [0.15, 0.2) is 14.7 Å². The molecule has 0 spiro atoms. The lowest BCUT2D eigenvalue weighted by Crippen LogP contribution is -2.32. The highest BCUT2D eigenvalue weighted by atomic mass is 79.9. The van der Waals surface area contributed by atoms with Gasteiger partial charge in [0.15, 0.2) is 0 Å². The Balaban J connectivity index is 3.08. The van der Waals surface area contributed by atoms with Gasteiger partial charge < -0.3 is 10.1 Å². The highest BCUT2D eigenvalue weighted by Crippen LogP contribution is 2.33. The van der Waals surface area contributed by atoms with Crippen LogP contribution in [0.4, 0.5) is 0 Å². The number of rotatable bonds is 6. The Morgan fingerprint density at radius 2 is 2.21 bits per heavy atom. The largest absolute Gasteiger partial charge is 0.465 e. The zero-order valence-corrected chi connectivity index (χ0v) is 14.0. The van der Waals surface area contributed by atoms with Gasteiger partial charge in [0.2, 0.25) is 10.0 Å². The summed E-state index contributed by atoms with van der Waals surface area (Å²) in [4.78, 5) is 11.7. The lowest BCUT2D eigenvalue weighted by molar-refractivity contribution is 0.0606. The summed E-state index contributed by atoms with van der Waals surface area (Å²) >= 11 is 4.21. The number of esters is 1. The molecule has 1 aromatic rings. The van der Waals surface area contributed by atoms with Crippen LogP contribution in [0, 0.1) is 0 Å². The van der Waals surface area contributed by atoms with E-state index >= 15 is 0 Å². The Kier molecular flexibility index (Phi) is 5.93. The standard InChI is InChI=1S/C10H15BrN2O4S2/c1-12-4-5-13(2)19(15,16)8-6-7(10(14)17-3)18-9(8)11/h6,12H,4-5H2,1-3H3. The van der Waals surface area contributed by atoms with Crippen molar-refractivity contribution in [2.45, 2.75) is 4.90 Å². The first-order valence-electron chi connectivity index (χ1n) is 5.33. The molecule has 0 aliphatic heterocycles. The van der Waals surface area contributed by atoms with Crippen molar-refractivity contribution in [1.82, 2.24) is 9.62 Å². The SMILES string of the molecule is CNCCN(C)S(=O)(=O)c1cc(C(=O)OC)sc1Br. The summed E-state index contributed by atoms with van der Waals surface area (Å²) in [6.45, 7) is 0.885. The number of hydrogen-bond donors (Lipinski definition) is 1. The number of carbonyl (C=O) groups is 1. The van der Waals surface area contributed by atoms with Crippen molar-refractivity contribution in [2.75, 3.05) is 34.3 Å². The molecule has 0 unspecified atom stereocenters. The number of sulfonamides is 1. The minimum Gasteiger partial charge on any atom is -0.465 e. The smallest absolute Gasteiger partial charge is 0.348 e. The van der Waals surface area contributed by atoms with E-state index in [1.165, 1.54) is 24.5 Å². The number of ether oxygens (including phenoxy) is 1. The molecular formula is C10H15BrN2O4S2. The van der Waals surface area contributed by atoms with E-state index in [9.17, 15) is 13.2 Å². The number of nitrogens with one attached hydrogen (secondary N) is 1. The van der Waals surface area contributed by atoms with Crippen molar-refractivity contribution < 1.29 is 17.9 Å². The monoisotopic (exact) mass is 370 g/mol. The van der Waals surface area contributed by atoms with E-state index in [0.29, 0.717) is 16.9 Å². The molecule has 1 heterocycles. The van der Waals surface area contributed by atoms with E-state index in [0.717, 1.165) is 11.3 Å². The van der Waals surface area contributed by atoms with Crippen molar-refractivity contribution in [1.29, 1.82) is 0 Å². The molecule has 0 amide bonds. The minimum absolute atomic E-state index is 0.0801. The van der Waals surface area contributed by atoms with Crippen LogP contribution in [0.3, 0.4) is 0 Å². The summed E-state index contributed by atoms with van der Waals surface area (Å²) in [5.74, 6) is -0.551. The molecule has 0 saturated carbocycles. The second-order valence-electron chi connectivity index (χ2n) is 3.67. The predicted octanol–water partition coefficient (Wildman–Crippen LogP) is 1.14. The van der Waals surface area contributed by atoms with E-state index < -0.39 is 16.0 Å². The maximum Gasteiger partial charge on any atom is 0.348 e. The van der Waals surface area contributed by atoms with Crippen LogP contribution in [0.25, 0.3) is 0 Å². The number of likely N-dealkylation sites (N-methyl/N-ethyl adjacent to an activating group) is 2. The Labute approximate surface area is 124 Å². The van der Waals surface area contributed by atoms with Crippen LogP contribution in [0.2, 0.25) is 0 Å². The quantitative estimate of drug-likeness (QED) is 0.759. The zero-order chi connectivity index (χ0) is 14.6. The Hall–Kier alpha value is -0.480. The third-order valence-electron chi connectivity index (χ3n) is 2.41. The first-order chi connectivity index (χ1) is 8.84. The third kappa shape index (κ3) is 3.76. The van der Waals surface area contributed by atoms with Crippen LogP contribution >= 0.6 is 27.3 Å². The molecule has 0 saturated heterocycles. The molecule has 0 aromatic carbocycles. The van der Waals surface area contributed by atoms with E-state index in [1.54, 1.807) is 7.05 Å². The normalized spacial score (nSPS) is 11.8. The van der Waals surface area contributed by atoms with Crippen LogP contribution < -0.4 is 5.32 Å². The van der Waals surface area contributed by atoms with Crippen LogP contribution in [-0.2, 0) is 14.8 Å². The van der Waals surface area contributed by atoms with Gasteiger partial charge in [-0.2, -0.15) is 4.31 Å². The molecule has 6 nitrogen and oxygen atoms in total. The fraction of sp³-hybridized carbons (Fsp3) is 0.500. The van der Waals surface area contributed by atoms with E-state index in [2.05, 4.69) is 26.0 Å². The van der Waals surface area contributed by atoms with Gasteiger partial charge in [0.05, 0.1) is 10.9 Å². The van der Waals surface area contributed by atoms with Gasteiger partial charge in [0.25, 0.3) is 0 Å². The van der Waals surface area contributed by atoms with Crippen LogP contribution in [-0.4, -0.2) is 53.0 Å². The summed E-state index contributed by atoms with van der Waals surface area (Å²) in [6, 6.07) is 1.33. The average Bonchev–Trinajstić information content (AvgIpc) is 2.77. The second kappa shape index (κ2) is 6.80. The van der Waals surface area contributed by atoms with Crippen molar-refractivity contribution in [3.8, 4) is 0 Å². The fourth-order valence-corrected chi connectivity index (χ4v) is 4.89. The highest BCUT2D eigenvalue weighted by molar-refractivity contribution is 9.11. The summed E-state index contributed by atoms with van der Waals surface area (Å²) in [5.41, 5.74) is 0.